The smallest absolute Gasteiger partial charge is 0.387 e. The Balaban J connectivity index is 0.00000240. The van der Waals surface area contributed by atoms with E-state index in [-0.39, 0.29) is 23.9 Å². The number of methoxy groups -OCH3 is 1. The molecule has 8 nitrogen and oxygen atoms in total. The second-order valence-corrected chi connectivity index (χ2v) is 6.40. The van der Waals surface area contributed by atoms with Gasteiger partial charge in [0.2, 0.25) is 5.82 Å². The molecule has 0 bridgehead atoms. The highest BCUT2D eigenvalue weighted by atomic mass is 35.5. The minimum absolute atomic E-state index is 0. The molecule has 0 unspecified atom stereocenters. The molecule has 0 radical (unpaired) electrons. The highest BCUT2D eigenvalue weighted by molar-refractivity contribution is 5.85. The molecule has 156 valence electrons. The van der Waals surface area contributed by atoms with Crippen LogP contribution in [0.4, 0.5) is 8.78 Å². The molecule has 0 saturated carbocycles. The first-order valence-electron chi connectivity index (χ1n) is 8.81. The van der Waals surface area contributed by atoms with Crippen LogP contribution in [-0.4, -0.2) is 46.7 Å². The molecule has 3 aromatic rings. The Labute approximate surface area is 171 Å². The summed E-state index contributed by atoms with van der Waals surface area (Å²) in [5.74, 6) is 0.894. The van der Waals surface area contributed by atoms with Crippen molar-refractivity contribution in [3.63, 3.8) is 0 Å². The van der Waals surface area contributed by atoms with Crippen LogP contribution >= 0.6 is 12.4 Å². The van der Waals surface area contributed by atoms with Gasteiger partial charge in [-0.15, -0.1) is 12.4 Å². The molecule has 1 aliphatic rings. The molecule has 1 aliphatic heterocycles. The van der Waals surface area contributed by atoms with Crippen molar-refractivity contribution in [2.24, 2.45) is 0 Å². The number of halogens is 3. The largest absolute Gasteiger partial charge is 0.493 e. The van der Waals surface area contributed by atoms with Gasteiger partial charge in [0.25, 0.3) is 5.89 Å². The van der Waals surface area contributed by atoms with Gasteiger partial charge in [-0.25, -0.2) is 0 Å². The van der Waals surface area contributed by atoms with Gasteiger partial charge in [0.15, 0.2) is 11.5 Å². The fourth-order valence-electron chi connectivity index (χ4n) is 3.43. The van der Waals surface area contributed by atoms with Crippen LogP contribution in [0.15, 0.2) is 41.2 Å². The number of piperidine rings is 1. The predicted octanol–water partition coefficient (Wildman–Crippen LogP) is 3.09. The van der Waals surface area contributed by atoms with E-state index in [0.717, 1.165) is 25.9 Å². The number of rotatable bonds is 6. The van der Waals surface area contributed by atoms with E-state index in [4.69, 9.17) is 9.26 Å². The molecular formula is C18H20ClF2N5O3. The van der Waals surface area contributed by atoms with E-state index < -0.39 is 12.2 Å². The first kappa shape index (κ1) is 21.0. The average Bonchev–Trinajstić information content (AvgIpc) is 3.41. The zero-order chi connectivity index (χ0) is 19.6. The summed E-state index contributed by atoms with van der Waals surface area (Å²) in [6.07, 6.45) is 5.10. The van der Waals surface area contributed by atoms with Crippen LogP contribution in [0.2, 0.25) is 0 Å². The zero-order valence-electron chi connectivity index (χ0n) is 15.5. The molecule has 2 aromatic heterocycles. The Morgan fingerprint density at radius 2 is 2.03 bits per heavy atom. The quantitative estimate of drug-likeness (QED) is 0.646. The van der Waals surface area contributed by atoms with Gasteiger partial charge < -0.3 is 19.3 Å². The molecule has 11 heteroatoms. The molecular weight excluding hydrogens is 408 g/mol. The van der Waals surface area contributed by atoms with Gasteiger partial charge in [0, 0.05) is 18.0 Å². The van der Waals surface area contributed by atoms with E-state index in [0.29, 0.717) is 17.3 Å². The number of alkyl halides is 2. The van der Waals surface area contributed by atoms with Crippen LogP contribution in [0.1, 0.15) is 18.7 Å². The summed E-state index contributed by atoms with van der Waals surface area (Å²) in [6, 6.07) is 6.37. The Bertz CT molecular complexity index is 929. The molecule has 0 atom stereocenters. The van der Waals surface area contributed by atoms with Crippen molar-refractivity contribution in [1.82, 2.24) is 25.2 Å². The summed E-state index contributed by atoms with van der Waals surface area (Å²) in [7, 11) is 1.38. The van der Waals surface area contributed by atoms with Crippen molar-refractivity contribution >= 4 is 12.4 Å². The van der Waals surface area contributed by atoms with Crippen molar-refractivity contribution < 1.29 is 22.8 Å². The Hall–Kier alpha value is -2.72. The van der Waals surface area contributed by atoms with Crippen LogP contribution in [-0.2, 0) is 5.54 Å². The maximum absolute atomic E-state index is 12.5. The molecule has 0 aliphatic carbocycles. The summed E-state index contributed by atoms with van der Waals surface area (Å²) >= 11 is 0. The van der Waals surface area contributed by atoms with Gasteiger partial charge >= 0.3 is 6.61 Å². The summed E-state index contributed by atoms with van der Waals surface area (Å²) in [4.78, 5) is 4.59. The van der Waals surface area contributed by atoms with Crippen molar-refractivity contribution in [2.75, 3.05) is 20.2 Å². The van der Waals surface area contributed by atoms with Crippen LogP contribution in [0.5, 0.6) is 11.5 Å². The lowest BCUT2D eigenvalue weighted by molar-refractivity contribution is -0.0512. The number of hydrogen-bond donors (Lipinski definition) is 1. The zero-order valence-corrected chi connectivity index (χ0v) is 16.4. The first-order chi connectivity index (χ1) is 13.6. The van der Waals surface area contributed by atoms with Crippen LogP contribution in [0.3, 0.4) is 0 Å². The van der Waals surface area contributed by atoms with E-state index >= 15 is 0 Å². The van der Waals surface area contributed by atoms with Gasteiger partial charge in [-0.05, 0) is 50.2 Å². The van der Waals surface area contributed by atoms with Gasteiger partial charge in [-0.2, -0.15) is 18.9 Å². The topological polar surface area (TPSA) is 87.2 Å². The summed E-state index contributed by atoms with van der Waals surface area (Å²) in [6.45, 7) is -1.35. The minimum Gasteiger partial charge on any atom is -0.493 e. The van der Waals surface area contributed by atoms with Crippen molar-refractivity contribution in [1.29, 1.82) is 0 Å². The fraction of sp³-hybridized carbons (Fsp3) is 0.389. The number of benzene rings is 1. The van der Waals surface area contributed by atoms with Gasteiger partial charge in [0.05, 0.1) is 7.11 Å². The molecule has 1 aromatic carbocycles. The number of nitrogens with one attached hydrogen (secondary N) is 1. The van der Waals surface area contributed by atoms with E-state index in [1.165, 1.54) is 19.2 Å². The van der Waals surface area contributed by atoms with Crippen molar-refractivity contribution in [3.8, 4) is 22.9 Å². The van der Waals surface area contributed by atoms with Crippen LogP contribution in [0.25, 0.3) is 11.4 Å². The Morgan fingerprint density at radius 3 is 2.69 bits per heavy atom. The monoisotopic (exact) mass is 427 g/mol. The second-order valence-electron chi connectivity index (χ2n) is 6.40. The maximum atomic E-state index is 12.5. The lowest BCUT2D eigenvalue weighted by Gasteiger charge is -2.34. The average molecular weight is 428 g/mol. The summed E-state index contributed by atoms with van der Waals surface area (Å²) in [5, 5.41) is 11.8. The van der Waals surface area contributed by atoms with Gasteiger partial charge in [-0.3, -0.25) is 4.68 Å². The van der Waals surface area contributed by atoms with E-state index in [9.17, 15) is 8.78 Å². The third-order valence-corrected chi connectivity index (χ3v) is 4.84. The molecule has 1 N–H and O–H groups in total. The van der Waals surface area contributed by atoms with Crippen molar-refractivity contribution in [3.05, 3.63) is 42.5 Å². The number of hydrogen-bond acceptors (Lipinski definition) is 7. The fourth-order valence-corrected chi connectivity index (χ4v) is 3.43. The van der Waals surface area contributed by atoms with Gasteiger partial charge in [0.1, 0.15) is 5.54 Å². The van der Waals surface area contributed by atoms with Gasteiger partial charge in [-0.1, -0.05) is 5.16 Å². The van der Waals surface area contributed by atoms with E-state index in [1.54, 1.807) is 12.3 Å². The Morgan fingerprint density at radius 1 is 1.24 bits per heavy atom. The summed E-state index contributed by atoms with van der Waals surface area (Å²) in [5.41, 5.74) is 0.0426. The standard InChI is InChI=1S/C18H19F2N5O3.ClH/c1-26-14-11-12(3-4-13(14)27-17(19)20)15-23-16(28-24-15)18(5-8-21-9-6-18)25-10-2-7-22-25;/h2-4,7,10-11,17,21H,5-6,8-9H2,1H3;1H. The summed E-state index contributed by atoms with van der Waals surface area (Å²) < 4.78 is 42.1. The SMILES string of the molecule is COc1cc(-c2noc(C3(n4cccn4)CCNCC3)n2)ccc1OC(F)F.Cl. The van der Waals surface area contributed by atoms with Crippen molar-refractivity contribution in [2.45, 2.75) is 25.0 Å². The molecule has 1 fully saturated rings. The first-order valence-corrected chi connectivity index (χ1v) is 8.81. The second kappa shape index (κ2) is 8.75. The van der Waals surface area contributed by atoms with Crippen LogP contribution < -0.4 is 14.8 Å². The third-order valence-electron chi connectivity index (χ3n) is 4.84. The van der Waals surface area contributed by atoms with Crippen LogP contribution in [0, 0.1) is 0 Å². The molecule has 3 heterocycles. The number of aromatic nitrogens is 4. The molecule has 1 saturated heterocycles. The third kappa shape index (κ3) is 4.03. The normalized spacial score (nSPS) is 15.7. The van der Waals surface area contributed by atoms with E-state index in [1.807, 2.05) is 16.9 Å². The molecule has 0 spiro atoms. The highest BCUT2D eigenvalue weighted by Gasteiger charge is 2.41. The highest BCUT2D eigenvalue weighted by Crippen LogP contribution is 2.36. The molecule has 0 amide bonds. The predicted molar refractivity (Wildman–Crippen MR) is 102 cm³/mol. The maximum Gasteiger partial charge on any atom is 0.387 e. The Kier molecular flexibility index (Phi) is 6.33. The minimum atomic E-state index is -2.94. The number of ether oxygens (including phenoxy) is 2. The number of nitrogens with zero attached hydrogens (tertiary/aromatic N) is 4. The van der Waals surface area contributed by atoms with E-state index in [2.05, 4.69) is 25.3 Å². The molecule has 4 rings (SSSR count). The molecule has 29 heavy (non-hydrogen) atoms. The lowest BCUT2D eigenvalue weighted by atomic mass is 9.88. The lowest BCUT2D eigenvalue weighted by Crippen LogP contribution is -2.45.